The third-order valence-electron chi connectivity index (χ3n) is 2.98. The molecule has 0 spiro atoms. The number of carbonyl (C=O) groups excluding carboxylic acids is 1. The number of urea groups is 1. The number of rotatable bonds is 3. The Morgan fingerprint density at radius 3 is 2.21 bits per heavy atom. The Kier molecular flexibility index (Phi) is 5.17. The summed E-state index contributed by atoms with van der Waals surface area (Å²) < 4.78 is 23.3. The fraction of sp³-hybridized carbons (Fsp3) is 0. The van der Waals surface area contributed by atoms with Gasteiger partial charge in [0.2, 0.25) is 10.0 Å². The molecule has 0 radical (unpaired) electrons. The lowest BCUT2D eigenvalue weighted by atomic mass is 10.2. The number of aromatic hydroxyl groups is 1. The van der Waals surface area contributed by atoms with Crippen LogP contribution in [0, 0.1) is 0 Å². The third-order valence-corrected chi connectivity index (χ3v) is 5.20. The normalized spacial score (nSPS) is 11.3. The van der Waals surface area contributed by atoms with Gasteiger partial charge in [0.05, 0.1) is 26.4 Å². The number of hydrogen-bond donors (Lipinski definition) is 3. The van der Waals surface area contributed by atoms with E-state index in [1.807, 2.05) is 0 Å². The highest BCUT2D eigenvalue weighted by molar-refractivity contribution is 7.89. The van der Waals surface area contributed by atoms with E-state index < -0.39 is 26.7 Å². The Bertz CT molecular complexity index is 934. The van der Waals surface area contributed by atoms with Crippen molar-refractivity contribution >= 4 is 62.2 Å². The van der Waals surface area contributed by atoms with E-state index in [1.165, 1.54) is 24.3 Å². The van der Waals surface area contributed by atoms with Crippen molar-refractivity contribution < 1.29 is 18.3 Å². The van der Waals surface area contributed by atoms with E-state index in [2.05, 4.69) is 0 Å². The molecule has 0 unspecified atom stereocenters. The molecule has 0 aliphatic rings. The molecule has 0 heterocycles. The van der Waals surface area contributed by atoms with Gasteiger partial charge >= 0.3 is 6.03 Å². The first-order chi connectivity index (χ1) is 11.1. The first-order valence-corrected chi connectivity index (χ1v) is 8.81. The number of amides is 2. The van der Waals surface area contributed by atoms with Gasteiger partial charge in [-0.15, -0.1) is 0 Å². The van der Waals surface area contributed by atoms with E-state index in [4.69, 9.17) is 45.7 Å². The third kappa shape index (κ3) is 3.38. The number of primary sulfonamides is 1. The standard InChI is InChI=1S/C13H10Cl3N3O4S/c14-6-2-1-3-8(10(6)16)19(13(17)21)9-5-4-7(15)12(11(9)20)24(18,22)23/h1-5,20H,(H2,17,21)(H2,18,22,23). The Balaban J connectivity index is 2.80. The molecule has 7 nitrogen and oxygen atoms in total. The van der Waals surface area contributed by atoms with Gasteiger partial charge < -0.3 is 10.8 Å². The van der Waals surface area contributed by atoms with Crippen LogP contribution in [-0.2, 0) is 10.0 Å². The average Bonchev–Trinajstić information content (AvgIpc) is 2.44. The summed E-state index contributed by atoms with van der Waals surface area (Å²) in [5.41, 5.74) is 5.11. The molecule has 2 amide bonds. The van der Waals surface area contributed by atoms with Crippen LogP contribution in [0.1, 0.15) is 0 Å². The van der Waals surface area contributed by atoms with Crippen molar-refractivity contribution in [3.63, 3.8) is 0 Å². The van der Waals surface area contributed by atoms with Crippen molar-refractivity contribution in [3.8, 4) is 5.75 Å². The van der Waals surface area contributed by atoms with E-state index in [-0.39, 0.29) is 26.4 Å². The number of carbonyl (C=O) groups is 1. The lowest BCUT2D eigenvalue weighted by Crippen LogP contribution is -2.32. The molecule has 0 aliphatic carbocycles. The monoisotopic (exact) mass is 409 g/mol. The van der Waals surface area contributed by atoms with Crippen molar-refractivity contribution in [2.75, 3.05) is 4.90 Å². The molecule has 0 fully saturated rings. The molecule has 0 bridgehead atoms. The van der Waals surface area contributed by atoms with Crippen LogP contribution in [0.25, 0.3) is 0 Å². The van der Waals surface area contributed by atoms with E-state index in [0.29, 0.717) is 0 Å². The summed E-state index contributed by atoms with van der Waals surface area (Å²) in [5.74, 6) is -0.847. The number of nitrogens with two attached hydrogens (primary N) is 2. The molecular formula is C13H10Cl3N3O4S. The van der Waals surface area contributed by atoms with E-state index in [0.717, 1.165) is 11.0 Å². The van der Waals surface area contributed by atoms with Gasteiger partial charge in [0, 0.05) is 0 Å². The molecule has 5 N–H and O–H groups in total. The quantitative estimate of drug-likeness (QED) is 0.718. The lowest BCUT2D eigenvalue weighted by Gasteiger charge is -2.24. The van der Waals surface area contributed by atoms with Crippen molar-refractivity contribution in [2.24, 2.45) is 10.9 Å². The Morgan fingerprint density at radius 1 is 1.04 bits per heavy atom. The second-order valence-corrected chi connectivity index (χ2v) is 7.23. The number of nitrogens with zero attached hydrogens (tertiary/aromatic N) is 1. The number of phenolic OH excluding ortho intramolecular Hbond substituents is 1. The number of halogens is 3. The predicted molar refractivity (Wildman–Crippen MR) is 92.7 cm³/mol. The zero-order valence-electron chi connectivity index (χ0n) is 11.7. The molecule has 0 saturated heterocycles. The molecule has 0 aromatic heterocycles. The maximum atomic E-state index is 11.9. The minimum atomic E-state index is -4.37. The molecule has 0 aliphatic heterocycles. The van der Waals surface area contributed by atoms with Crippen LogP contribution in [0.15, 0.2) is 35.2 Å². The first-order valence-electron chi connectivity index (χ1n) is 6.13. The second-order valence-electron chi connectivity index (χ2n) is 4.54. The molecule has 128 valence electrons. The molecule has 2 aromatic carbocycles. The van der Waals surface area contributed by atoms with Crippen molar-refractivity contribution in [1.82, 2.24) is 0 Å². The highest BCUT2D eigenvalue weighted by Crippen LogP contribution is 2.43. The minimum absolute atomic E-state index is 0.0236. The molecule has 11 heteroatoms. The zero-order chi connectivity index (χ0) is 18.2. The van der Waals surface area contributed by atoms with Gasteiger partial charge in [-0.3, -0.25) is 4.90 Å². The maximum Gasteiger partial charge on any atom is 0.324 e. The number of hydrogen-bond acceptors (Lipinski definition) is 4. The maximum absolute atomic E-state index is 11.9. The summed E-state index contributed by atoms with van der Waals surface area (Å²) in [7, 11) is -4.37. The second kappa shape index (κ2) is 6.66. The van der Waals surface area contributed by atoms with Gasteiger partial charge in [0.1, 0.15) is 4.90 Å². The van der Waals surface area contributed by atoms with Crippen LogP contribution in [0.3, 0.4) is 0 Å². The summed E-state index contributed by atoms with van der Waals surface area (Å²) in [6.07, 6.45) is 0. The SMILES string of the molecule is NC(=O)N(c1ccc(Cl)c(S(N)(=O)=O)c1O)c1cccc(Cl)c1Cl. The summed E-state index contributed by atoms with van der Waals surface area (Å²) in [6.45, 7) is 0. The number of primary amides is 1. The molecular weight excluding hydrogens is 401 g/mol. The van der Waals surface area contributed by atoms with Crippen LogP contribution >= 0.6 is 34.8 Å². The predicted octanol–water partition coefficient (Wildman–Crippen LogP) is 3.22. The molecule has 0 atom stereocenters. The summed E-state index contributed by atoms with van der Waals surface area (Å²) >= 11 is 17.7. The number of phenols is 1. The van der Waals surface area contributed by atoms with Gasteiger partial charge in [0.25, 0.3) is 0 Å². The Labute approximate surface area is 152 Å². The fourth-order valence-corrected chi connectivity index (χ4v) is 3.59. The topological polar surface area (TPSA) is 127 Å². The fourth-order valence-electron chi connectivity index (χ4n) is 2.02. The first kappa shape index (κ1) is 18.6. The van der Waals surface area contributed by atoms with Gasteiger partial charge in [-0.25, -0.2) is 18.4 Å². The van der Waals surface area contributed by atoms with Crippen molar-refractivity contribution in [3.05, 3.63) is 45.4 Å². The number of sulfonamides is 1. The molecule has 24 heavy (non-hydrogen) atoms. The highest BCUT2D eigenvalue weighted by atomic mass is 35.5. The molecule has 0 saturated carbocycles. The van der Waals surface area contributed by atoms with E-state index in [1.54, 1.807) is 0 Å². The van der Waals surface area contributed by atoms with Gasteiger partial charge in [-0.05, 0) is 24.3 Å². The molecule has 2 rings (SSSR count). The largest absolute Gasteiger partial charge is 0.504 e. The van der Waals surface area contributed by atoms with Crippen LogP contribution < -0.4 is 15.8 Å². The summed E-state index contributed by atoms with van der Waals surface area (Å²) in [5, 5.41) is 15.1. The summed E-state index contributed by atoms with van der Waals surface area (Å²) in [4.78, 5) is 11.9. The number of anilines is 2. The van der Waals surface area contributed by atoms with Crippen LogP contribution in [-0.4, -0.2) is 19.6 Å². The number of benzene rings is 2. The van der Waals surface area contributed by atoms with E-state index >= 15 is 0 Å². The van der Waals surface area contributed by atoms with Gasteiger partial charge in [0.15, 0.2) is 5.75 Å². The Morgan fingerprint density at radius 2 is 1.67 bits per heavy atom. The smallest absolute Gasteiger partial charge is 0.324 e. The average molecular weight is 411 g/mol. The van der Waals surface area contributed by atoms with Gasteiger partial charge in [-0.1, -0.05) is 40.9 Å². The van der Waals surface area contributed by atoms with Crippen LogP contribution in [0.4, 0.5) is 16.2 Å². The molecule has 2 aromatic rings. The zero-order valence-corrected chi connectivity index (χ0v) is 14.8. The van der Waals surface area contributed by atoms with E-state index in [9.17, 15) is 18.3 Å². The van der Waals surface area contributed by atoms with Crippen molar-refractivity contribution in [1.29, 1.82) is 0 Å². The van der Waals surface area contributed by atoms with Gasteiger partial charge in [-0.2, -0.15) is 0 Å². The van der Waals surface area contributed by atoms with Crippen LogP contribution in [0.2, 0.25) is 15.1 Å². The lowest BCUT2D eigenvalue weighted by molar-refractivity contribution is 0.256. The van der Waals surface area contributed by atoms with Crippen LogP contribution in [0.5, 0.6) is 5.75 Å². The highest BCUT2D eigenvalue weighted by Gasteiger charge is 2.28. The minimum Gasteiger partial charge on any atom is -0.504 e. The Hall–Kier alpha value is -1.71. The van der Waals surface area contributed by atoms with Crippen molar-refractivity contribution in [2.45, 2.75) is 4.90 Å². The summed E-state index contributed by atoms with van der Waals surface area (Å²) in [6, 6.07) is 5.66.